The quantitative estimate of drug-likeness (QED) is 0.0411. The molecule has 7 heteroatoms. The summed E-state index contributed by atoms with van der Waals surface area (Å²) in [5.74, 6) is 0.0117. The lowest BCUT2D eigenvalue weighted by Crippen LogP contribution is -2.28. The van der Waals surface area contributed by atoms with Crippen LogP contribution in [0, 0.1) is 17.8 Å². The van der Waals surface area contributed by atoms with Crippen LogP contribution in [0.15, 0.2) is 36.5 Å². The highest BCUT2D eigenvalue weighted by Gasteiger charge is 2.27. The normalized spacial score (nSPS) is 17.5. The molecule has 0 radical (unpaired) electrons. The molecule has 1 rings (SSSR count). The van der Waals surface area contributed by atoms with Gasteiger partial charge < -0.3 is 19.7 Å². The summed E-state index contributed by atoms with van der Waals surface area (Å²) in [7, 11) is 0. The molecule has 282 valence electrons. The first-order chi connectivity index (χ1) is 23.8. The molecule has 0 unspecified atom stereocenters. The number of esters is 2. The van der Waals surface area contributed by atoms with Crippen LogP contribution in [0.4, 0.5) is 0 Å². The number of ketones is 1. The van der Waals surface area contributed by atoms with E-state index in [0.717, 1.165) is 57.3 Å². The van der Waals surface area contributed by atoms with Crippen LogP contribution < -0.4 is 0 Å². The van der Waals surface area contributed by atoms with Gasteiger partial charge in [0.15, 0.2) is 11.9 Å². The van der Waals surface area contributed by atoms with Gasteiger partial charge in [-0.25, -0.2) is 0 Å². The molecule has 1 aliphatic carbocycles. The van der Waals surface area contributed by atoms with Gasteiger partial charge in [0.25, 0.3) is 0 Å². The highest BCUT2D eigenvalue weighted by molar-refractivity contribution is 5.95. The number of carbonyl (C=O) groups excluding carboxylic acids is 3. The smallest absolute Gasteiger partial charge is 0.306 e. The Hall–Kier alpha value is -2.25. The molecule has 0 bridgehead atoms. The molecular weight excluding hydrogens is 616 g/mol. The van der Waals surface area contributed by atoms with E-state index in [1.165, 1.54) is 70.6 Å². The van der Waals surface area contributed by atoms with Crippen molar-refractivity contribution < 1.29 is 34.1 Å². The van der Waals surface area contributed by atoms with E-state index in [0.29, 0.717) is 19.3 Å². The Balaban J connectivity index is 2.06. The molecule has 49 heavy (non-hydrogen) atoms. The van der Waals surface area contributed by atoms with Crippen LogP contribution in [0.25, 0.3) is 0 Å². The van der Waals surface area contributed by atoms with Crippen molar-refractivity contribution in [2.45, 2.75) is 181 Å². The Labute approximate surface area is 299 Å². The SMILES string of the molecule is CCCCC[C@H](O)/C=C/[C@H]1C(=O)C=C[C@@H]1C/C=C\CCCC(=O)OC[C@H](CO)OC(=O)CCCCCCCCCCCCCCCC(C)C. The Kier molecular flexibility index (Phi) is 27.9. The van der Waals surface area contributed by atoms with Crippen molar-refractivity contribution in [1.29, 1.82) is 0 Å². The van der Waals surface area contributed by atoms with Crippen molar-refractivity contribution in [3.63, 3.8) is 0 Å². The summed E-state index contributed by atoms with van der Waals surface area (Å²) in [6.07, 6.45) is 34.0. The van der Waals surface area contributed by atoms with Gasteiger partial charge >= 0.3 is 11.9 Å². The number of unbranched alkanes of at least 4 members (excludes halogenated alkanes) is 15. The molecule has 4 atom stereocenters. The zero-order chi connectivity index (χ0) is 36.0. The van der Waals surface area contributed by atoms with Crippen molar-refractivity contribution in [2.24, 2.45) is 17.8 Å². The van der Waals surface area contributed by atoms with Crippen LogP contribution in [-0.2, 0) is 23.9 Å². The first kappa shape index (κ1) is 44.8. The van der Waals surface area contributed by atoms with Gasteiger partial charge in [-0.15, -0.1) is 0 Å². The maximum atomic E-state index is 12.3. The van der Waals surface area contributed by atoms with Crippen LogP contribution in [0.3, 0.4) is 0 Å². The number of hydrogen-bond acceptors (Lipinski definition) is 7. The van der Waals surface area contributed by atoms with E-state index in [2.05, 4.69) is 20.8 Å². The van der Waals surface area contributed by atoms with Crippen molar-refractivity contribution in [3.8, 4) is 0 Å². The minimum atomic E-state index is -0.835. The molecule has 0 amide bonds. The van der Waals surface area contributed by atoms with Crippen molar-refractivity contribution in [1.82, 2.24) is 0 Å². The average Bonchev–Trinajstić information content (AvgIpc) is 3.43. The molecule has 0 aliphatic heterocycles. The Morgan fingerprint density at radius 3 is 2.00 bits per heavy atom. The predicted octanol–water partition coefficient (Wildman–Crippen LogP) is 9.93. The Morgan fingerprint density at radius 2 is 1.39 bits per heavy atom. The van der Waals surface area contributed by atoms with E-state index in [1.807, 2.05) is 24.3 Å². The van der Waals surface area contributed by atoms with Crippen molar-refractivity contribution in [3.05, 3.63) is 36.5 Å². The molecule has 7 nitrogen and oxygen atoms in total. The van der Waals surface area contributed by atoms with Gasteiger partial charge in [-0.2, -0.15) is 0 Å². The van der Waals surface area contributed by atoms with Gasteiger partial charge in [-0.05, 0) is 50.0 Å². The zero-order valence-electron chi connectivity index (χ0n) is 31.5. The predicted molar refractivity (Wildman–Crippen MR) is 200 cm³/mol. The number of aliphatic hydroxyl groups is 2. The van der Waals surface area contributed by atoms with Crippen molar-refractivity contribution in [2.75, 3.05) is 13.2 Å². The molecule has 0 heterocycles. The van der Waals surface area contributed by atoms with Gasteiger partial charge in [-0.3, -0.25) is 14.4 Å². The summed E-state index contributed by atoms with van der Waals surface area (Å²) in [5, 5.41) is 19.7. The van der Waals surface area contributed by atoms with Gasteiger partial charge in [0.2, 0.25) is 0 Å². The maximum absolute atomic E-state index is 12.3. The lowest BCUT2D eigenvalue weighted by molar-refractivity contribution is -0.161. The van der Waals surface area contributed by atoms with Crippen LogP contribution in [0.2, 0.25) is 0 Å². The monoisotopic (exact) mass is 689 g/mol. The van der Waals surface area contributed by atoms with Crippen LogP contribution >= 0.6 is 0 Å². The van der Waals surface area contributed by atoms with Gasteiger partial charge in [0, 0.05) is 18.8 Å². The van der Waals surface area contributed by atoms with Gasteiger partial charge in [0.05, 0.1) is 12.7 Å². The lowest BCUT2D eigenvalue weighted by atomic mass is 9.90. The summed E-state index contributed by atoms with van der Waals surface area (Å²) >= 11 is 0. The first-order valence-corrected chi connectivity index (χ1v) is 20.0. The minimum Gasteiger partial charge on any atom is -0.462 e. The molecule has 0 aromatic carbocycles. The first-order valence-electron chi connectivity index (χ1n) is 20.0. The molecule has 2 N–H and O–H groups in total. The topological polar surface area (TPSA) is 110 Å². The number of hydrogen-bond donors (Lipinski definition) is 2. The largest absolute Gasteiger partial charge is 0.462 e. The number of ether oxygens (including phenoxy) is 2. The fraction of sp³-hybridized carbons (Fsp3) is 0.786. The third-order valence-electron chi connectivity index (χ3n) is 9.36. The molecule has 0 spiro atoms. The van der Waals surface area contributed by atoms with E-state index in [9.17, 15) is 24.6 Å². The van der Waals surface area contributed by atoms with Crippen molar-refractivity contribution >= 4 is 17.7 Å². The Morgan fingerprint density at radius 1 is 0.796 bits per heavy atom. The number of carbonyl (C=O) groups is 3. The van der Waals surface area contributed by atoms with Crippen LogP contribution in [0.1, 0.15) is 168 Å². The summed E-state index contributed by atoms with van der Waals surface area (Å²) in [5.41, 5.74) is 0. The summed E-state index contributed by atoms with van der Waals surface area (Å²) in [6.45, 7) is 6.21. The van der Waals surface area contributed by atoms with E-state index in [-0.39, 0.29) is 49.2 Å². The summed E-state index contributed by atoms with van der Waals surface area (Å²) in [6, 6.07) is 0. The summed E-state index contributed by atoms with van der Waals surface area (Å²) in [4.78, 5) is 36.7. The second-order valence-corrected chi connectivity index (χ2v) is 14.5. The van der Waals surface area contributed by atoms with Crippen LogP contribution in [-0.4, -0.2) is 53.4 Å². The molecule has 1 aliphatic rings. The fourth-order valence-corrected chi connectivity index (χ4v) is 6.20. The average molecular weight is 689 g/mol. The van der Waals surface area contributed by atoms with E-state index >= 15 is 0 Å². The minimum absolute atomic E-state index is 0.0740. The number of aliphatic hydroxyl groups excluding tert-OH is 2. The highest BCUT2D eigenvalue weighted by atomic mass is 16.6. The molecule has 0 saturated heterocycles. The highest BCUT2D eigenvalue weighted by Crippen LogP contribution is 2.27. The third-order valence-corrected chi connectivity index (χ3v) is 9.36. The Bertz CT molecular complexity index is 937. The van der Waals surface area contributed by atoms with E-state index in [1.54, 1.807) is 12.2 Å². The molecular formula is C42H72O7. The third kappa shape index (κ3) is 25.4. The lowest BCUT2D eigenvalue weighted by Gasteiger charge is -2.15. The van der Waals surface area contributed by atoms with Gasteiger partial charge in [0.1, 0.15) is 6.61 Å². The van der Waals surface area contributed by atoms with Crippen LogP contribution in [0.5, 0.6) is 0 Å². The molecule has 0 saturated carbocycles. The van der Waals surface area contributed by atoms with Gasteiger partial charge in [-0.1, -0.05) is 154 Å². The second kappa shape index (κ2) is 30.6. The number of allylic oxidation sites excluding steroid dienone is 5. The van der Waals surface area contributed by atoms with E-state index < -0.39 is 12.2 Å². The zero-order valence-corrected chi connectivity index (χ0v) is 31.5. The molecule has 0 fully saturated rings. The number of rotatable bonds is 32. The second-order valence-electron chi connectivity index (χ2n) is 14.5. The molecule has 0 aromatic rings. The summed E-state index contributed by atoms with van der Waals surface area (Å²) < 4.78 is 10.6. The van der Waals surface area contributed by atoms with E-state index in [4.69, 9.17) is 9.47 Å². The molecule has 0 aromatic heterocycles. The maximum Gasteiger partial charge on any atom is 0.306 e. The standard InChI is InChI=1S/C42H72O7/c1-4-5-19-26-37(44)30-31-39-36(29-32-40(39)45)25-21-17-18-22-27-41(46)48-34-38(33-43)49-42(47)28-23-16-14-12-10-8-6-7-9-11-13-15-20-24-35(2)3/h17,21,29-32,35-39,43-44H,4-16,18-20,22-28,33-34H2,1-3H3/b21-17-,31-30+/t36-,37-,38-,39+/m0/s1. The fourth-order valence-electron chi connectivity index (χ4n) is 6.20.